The molecular weight excluding hydrogens is 524 g/mol. The molecule has 214 valence electrons. The molecule has 0 aliphatic heterocycles. The van der Waals surface area contributed by atoms with Crippen LogP contribution in [0.1, 0.15) is 66.9 Å². The molecule has 3 heteroatoms. The van der Waals surface area contributed by atoms with Crippen molar-refractivity contribution in [2.24, 2.45) is 12.5 Å². The molecule has 2 aromatic heterocycles. The number of benzene rings is 4. The van der Waals surface area contributed by atoms with Crippen molar-refractivity contribution in [1.82, 2.24) is 0 Å². The second-order valence-electron chi connectivity index (χ2n) is 12.7. The number of furan rings is 1. The van der Waals surface area contributed by atoms with Crippen molar-refractivity contribution in [3.05, 3.63) is 113 Å². The van der Waals surface area contributed by atoms with Gasteiger partial charge < -0.3 is 4.42 Å². The maximum absolute atomic E-state index is 10.2. The number of nitrogens with zero attached hydrogens (tertiary/aromatic N) is 2. The molecule has 0 spiro atoms. The van der Waals surface area contributed by atoms with Gasteiger partial charge in [-0.3, -0.25) is 0 Å². The van der Waals surface area contributed by atoms with Crippen LogP contribution in [-0.2, 0) is 13.4 Å². The highest BCUT2D eigenvalue weighted by atomic mass is 16.3. The summed E-state index contributed by atoms with van der Waals surface area (Å²) >= 11 is 0. The van der Waals surface area contributed by atoms with Crippen LogP contribution in [0.15, 0.2) is 95.5 Å². The highest BCUT2D eigenvalue weighted by Crippen LogP contribution is 2.42. The van der Waals surface area contributed by atoms with Crippen molar-refractivity contribution >= 4 is 21.9 Å². The number of pyridine rings is 1. The van der Waals surface area contributed by atoms with Gasteiger partial charge in [0.2, 0.25) is 5.69 Å². The Morgan fingerprint density at radius 1 is 0.837 bits per heavy atom. The highest BCUT2D eigenvalue weighted by Gasteiger charge is 2.24. The van der Waals surface area contributed by atoms with Gasteiger partial charge >= 0.3 is 0 Å². The highest BCUT2D eigenvalue weighted by molar-refractivity contribution is 6.14. The van der Waals surface area contributed by atoms with Crippen molar-refractivity contribution in [2.45, 2.75) is 53.8 Å². The third-order valence-electron chi connectivity index (χ3n) is 8.03. The van der Waals surface area contributed by atoms with Gasteiger partial charge in [0.1, 0.15) is 18.2 Å². The molecule has 0 unspecified atom stereocenters. The summed E-state index contributed by atoms with van der Waals surface area (Å²) in [5.74, 6) is -0.653. The monoisotopic (exact) mass is 566 g/mol. The van der Waals surface area contributed by atoms with E-state index in [2.05, 4.69) is 30.3 Å². The van der Waals surface area contributed by atoms with Gasteiger partial charge in [0.05, 0.1) is 17.2 Å². The summed E-state index contributed by atoms with van der Waals surface area (Å²) in [5, 5.41) is 12.0. The van der Waals surface area contributed by atoms with E-state index in [1.165, 1.54) is 0 Å². The lowest BCUT2D eigenvalue weighted by atomic mass is 9.87. The molecule has 0 saturated carbocycles. The van der Waals surface area contributed by atoms with Crippen molar-refractivity contribution in [3.8, 4) is 39.6 Å². The van der Waals surface area contributed by atoms with Crippen molar-refractivity contribution < 1.29 is 13.1 Å². The van der Waals surface area contributed by atoms with Crippen LogP contribution in [0.4, 0.5) is 0 Å². The Morgan fingerprint density at radius 2 is 1.42 bits per heavy atom. The van der Waals surface area contributed by atoms with Gasteiger partial charge in [-0.05, 0) is 70.1 Å². The van der Waals surface area contributed by atoms with Crippen LogP contribution < -0.4 is 4.57 Å². The Bertz CT molecular complexity index is 2160. The molecular formula is C40H39N2O+. The molecule has 0 radical (unpaired) electrons. The first-order chi connectivity index (χ1) is 21.6. The molecule has 0 atom stereocenters. The Hall–Kier alpha value is -4.68. The number of hydrogen-bond acceptors (Lipinski definition) is 2. The molecule has 0 bridgehead atoms. The Morgan fingerprint density at radius 3 is 2.02 bits per heavy atom. The summed E-state index contributed by atoms with van der Waals surface area (Å²) in [7, 11) is 1.97. The quantitative estimate of drug-likeness (QED) is 0.195. The summed E-state index contributed by atoms with van der Waals surface area (Å²) < 4.78 is 34.9. The van der Waals surface area contributed by atoms with Gasteiger partial charge in [-0.1, -0.05) is 95.3 Å². The fourth-order valence-corrected chi connectivity index (χ4v) is 5.85. The first-order valence-electron chi connectivity index (χ1n) is 16.2. The zero-order valence-electron chi connectivity index (χ0n) is 29.0. The molecule has 0 aliphatic carbocycles. The zero-order valence-corrected chi connectivity index (χ0v) is 26.0. The fourth-order valence-electron chi connectivity index (χ4n) is 5.85. The van der Waals surface area contributed by atoms with E-state index in [0.717, 1.165) is 55.4 Å². The minimum Gasteiger partial charge on any atom is -0.454 e. The smallest absolute Gasteiger partial charge is 0.216 e. The number of aryl methyl sites for hydroxylation is 2. The maximum Gasteiger partial charge on any atom is 0.216 e. The average Bonchev–Trinajstić information content (AvgIpc) is 3.38. The van der Waals surface area contributed by atoms with E-state index < -0.39 is 17.7 Å². The lowest BCUT2D eigenvalue weighted by Gasteiger charge is -2.18. The van der Waals surface area contributed by atoms with Crippen LogP contribution in [0.3, 0.4) is 0 Å². The van der Waals surface area contributed by atoms with E-state index in [1.807, 2.05) is 120 Å². The van der Waals surface area contributed by atoms with Crippen molar-refractivity contribution in [3.63, 3.8) is 0 Å². The molecule has 0 saturated heterocycles. The minimum atomic E-state index is -1.55. The number of rotatable bonds is 5. The lowest BCUT2D eigenvalue weighted by molar-refractivity contribution is -0.660. The molecule has 0 fully saturated rings. The van der Waals surface area contributed by atoms with Gasteiger partial charge in [-0.15, -0.1) is 0 Å². The van der Waals surface area contributed by atoms with Crippen LogP contribution in [0.5, 0.6) is 0 Å². The van der Waals surface area contributed by atoms with E-state index in [0.29, 0.717) is 22.3 Å². The predicted octanol–water partition coefficient (Wildman–Crippen LogP) is 10.3. The molecule has 2 heterocycles. The van der Waals surface area contributed by atoms with E-state index in [9.17, 15) is 5.26 Å². The number of fused-ring (bicyclic) bond motifs is 3. The molecule has 43 heavy (non-hydrogen) atoms. The van der Waals surface area contributed by atoms with Crippen molar-refractivity contribution in [2.75, 3.05) is 0 Å². The largest absolute Gasteiger partial charge is 0.454 e. The molecule has 4 aromatic carbocycles. The summed E-state index contributed by atoms with van der Waals surface area (Å²) in [6.07, 6.45) is 0.365. The zero-order chi connectivity index (χ0) is 33.2. The number of nitriles is 1. The standard InChI is InChI=1S/C40H39N2O/c1-25(2)28-9-11-29(12-10-28)30-13-15-31(16-14-30)37-32(24-41)17-19-34-33-18-8-26(3)36(38(33)43-39(34)37)35-22-27(20-21-42(35)7)23-40(4,5)6/h8-22,25H,23H2,1-7H3/q+1/i23D2,25D. The second kappa shape index (κ2) is 10.9. The third-order valence-corrected chi connectivity index (χ3v) is 8.03. The van der Waals surface area contributed by atoms with Crippen molar-refractivity contribution in [1.29, 1.82) is 5.26 Å². The Balaban J connectivity index is 1.52. The van der Waals surface area contributed by atoms with Crippen LogP contribution in [0.25, 0.3) is 55.4 Å². The first kappa shape index (κ1) is 24.9. The van der Waals surface area contributed by atoms with Gasteiger partial charge in [-0.25, -0.2) is 4.57 Å². The normalized spacial score (nSPS) is 13.5. The predicted molar refractivity (Wildman–Crippen MR) is 178 cm³/mol. The van der Waals surface area contributed by atoms with Crippen LogP contribution in [0, 0.1) is 23.7 Å². The summed E-state index contributed by atoms with van der Waals surface area (Å²) in [6, 6.07) is 30.4. The fraction of sp³-hybridized carbons (Fsp3) is 0.250. The third kappa shape index (κ3) is 5.35. The lowest BCUT2D eigenvalue weighted by Crippen LogP contribution is -2.31. The van der Waals surface area contributed by atoms with Crippen LogP contribution >= 0.6 is 0 Å². The first-order valence-corrected chi connectivity index (χ1v) is 14.7. The molecule has 0 aliphatic rings. The van der Waals surface area contributed by atoms with E-state index in [1.54, 1.807) is 0 Å². The van der Waals surface area contributed by atoms with Gasteiger partial charge in [0.15, 0.2) is 6.20 Å². The summed E-state index contributed by atoms with van der Waals surface area (Å²) in [4.78, 5) is 0. The van der Waals surface area contributed by atoms with Crippen LogP contribution in [0.2, 0.25) is 0 Å². The SMILES string of the molecule is [2H]C(C)(C)c1ccc(-c2ccc(-c3c(C#N)ccc4c3oc3c(-c5cc(C([2H])([2H])C(C)(C)C)cc[n+]5C)c(C)ccc34)cc2)cc1. The van der Waals surface area contributed by atoms with Gasteiger partial charge in [0.25, 0.3) is 0 Å². The Kier molecular flexibility index (Phi) is 6.28. The second-order valence-corrected chi connectivity index (χ2v) is 12.7. The van der Waals surface area contributed by atoms with Crippen LogP contribution in [-0.4, -0.2) is 0 Å². The molecule has 0 N–H and O–H groups in total. The molecule has 0 amide bonds. The topological polar surface area (TPSA) is 40.8 Å². The number of aromatic nitrogens is 1. The summed E-state index contributed by atoms with van der Waals surface area (Å²) in [6.45, 7) is 11.6. The number of hydrogen-bond donors (Lipinski definition) is 0. The summed E-state index contributed by atoms with van der Waals surface area (Å²) in [5.41, 5.74) is 9.42. The van der Waals surface area contributed by atoms with E-state index in [-0.39, 0.29) is 0 Å². The van der Waals surface area contributed by atoms with E-state index in [4.69, 9.17) is 8.53 Å². The maximum atomic E-state index is 10.2. The van der Waals surface area contributed by atoms with Gasteiger partial charge in [0, 0.05) is 32.6 Å². The average molecular weight is 567 g/mol. The van der Waals surface area contributed by atoms with E-state index >= 15 is 0 Å². The van der Waals surface area contributed by atoms with Gasteiger partial charge in [-0.2, -0.15) is 5.26 Å². The molecule has 6 aromatic rings. The minimum absolute atomic E-state index is 0.533. The molecule has 6 rings (SSSR count). The Labute approximate surface area is 259 Å². The molecule has 3 nitrogen and oxygen atoms in total.